The van der Waals surface area contributed by atoms with Gasteiger partial charge in [0.05, 0.1) is 11.4 Å². The number of fused-ring (bicyclic) bond motifs is 2. The molecule has 2 aliphatic heterocycles. The topological polar surface area (TPSA) is 84.7 Å². The summed E-state index contributed by atoms with van der Waals surface area (Å²) in [5.41, 5.74) is 7.19. The monoisotopic (exact) mass is 317 g/mol. The van der Waals surface area contributed by atoms with E-state index in [4.69, 9.17) is 10.5 Å². The van der Waals surface area contributed by atoms with E-state index in [9.17, 15) is 9.59 Å². The average molecular weight is 317 g/mol. The molecule has 1 aromatic rings. The molecule has 0 spiro atoms. The number of ether oxygens (including phenoxy) is 1. The second-order valence-electron chi connectivity index (χ2n) is 6.53. The molecule has 2 fully saturated rings. The molecule has 0 radical (unpaired) electrons. The predicted octanol–water partition coefficient (Wildman–Crippen LogP) is 2.65. The highest BCUT2D eigenvalue weighted by atomic mass is 16.6. The van der Waals surface area contributed by atoms with E-state index < -0.39 is 6.09 Å². The van der Waals surface area contributed by atoms with Gasteiger partial charge in [0.15, 0.2) is 5.78 Å². The van der Waals surface area contributed by atoms with Gasteiger partial charge < -0.3 is 15.4 Å². The zero-order chi connectivity index (χ0) is 16.6. The van der Waals surface area contributed by atoms with Gasteiger partial charge in [0.25, 0.3) is 0 Å². The molecular formula is C17H23N3O3. The number of benzene rings is 1. The van der Waals surface area contributed by atoms with Crippen LogP contribution in [0.15, 0.2) is 18.2 Å². The lowest BCUT2D eigenvalue weighted by molar-refractivity contribution is 0.0348. The van der Waals surface area contributed by atoms with Crippen molar-refractivity contribution in [3.8, 4) is 0 Å². The Balaban J connectivity index is 1.62. The number of carbonyl (C=O) groups excluding carboxylic acids is 2. The summed E-state index contributed by atoms with van der Waals surface area (Å²) in [5.74, 6) is -0.0756. The van der Waals surface area contributed by atoms with E-state index in [1.54, 1.807) is 18.2 Å². The first kappa shape index (κ1) is 15.8. The maximum absolute atomic E-state index is 12.1. The third-order valence-electron chi connectivity index (χ3n) is 5.03. The van der Waals surface area contributed by atoms with Crippen molar-refractivity contribution in [2.24, 2.45) is 0 Å². The number of rotatable bonds is 3. The van der Waals surface area contributed by atoms with Crippen LogP contribution in [0.5, 0.6) is 0 Å². The second-order valence-corrected chi connectivity index (χ2v) is 6.53. The van der Waals surface area contributed by atoms with Gasteiger partial charge in [-0.2, -0.15) is 0 Å². The molecule has 23 heavy (non-hydrogen) atoms. The fraction of sp³-hybridized carbons (Fsp3) is 0.529. The zero-order valence-electron chi connectivity index (χ0n) is 13.5. The molecule has 3 rings (SSSR count). The quantitative estimate of drug-likeness (QED) is 0.661. The second kappa shape index (κ2) is 6.20. The summed E-state index contributed by atoms with van der Waals surface area (Å²) >= 11 is 0. The molecule has 0 aromatic heterocycles. The van der Waals surface area contributed by atoms with E-state index in [2.05, 4.69) is 17.3 Å². The molecule has 2 atom stereocenters. The number of carbonyl (C=O) groups is 2. The van der Waals surface area contributed by atoms with E-state index in [1.807, 2.05) is 0 Å². The molecule has 2 saturated heterocycles. The van der Waals surface area contributed by atoms with Gasteiger partial charge in [-0.25, -0.2) is 4.79 Å². The number of hydrogen-bond donors (Lipinski definition) is 2. The predicted molar refractivity (Wildman–Crippen MR) is 88.6 cm³/mol. The summed E-state index contributed by atoms with van der Waals surface area (Å²) in [4.78, 5) is 26.0. The molecular weight excluding hydrogens is 294 g/mol. The van der Waals surface area contributed by atoms with E-state index in [1.165, 1.54) is 19.8 Å². The van der Waals surface area contributed by atoms with Crippen LogP contribution in [0.3, 0.4) is 0 Å². The van der Waals surface area contributed by atoms with E-state index in [0.29, 0.717) is 29.0 Å². The van der Waals surface area contributed by atoms with Crippen molar-refractivity contribution in [2.45, 2.75) is 50.8 Å². The Kier molecular flexibility index (Phi) is 4.26. The first-order valence-corrected chi connectivity index (χ1v) is 8.04. The highest BCUT2D eigenvalue weighted by Crippen LogP contribution is 2.35. The molecule has 6 heteroatoms. The number of amides is 1. The molecule has 2 heterocycles. The van der Waals surface area contributed by atoms with Gasteiger partial charge >= 0.3 is 6.09 Å². The molecule has 2 bridgehead atoms. The minimum absolute atomic E-state index is 0.0547. The number of hydrogen-bond acceptors (Lipinski definition) is 5. The van der Waals surface area contributed by atoms with E-state index in [0.717, 1.165) is 12.8 Å². The number of nitrogens with one attached hydrogen (secondary N) is 1. The summed E-state index contributed by atoms with van der Waals surface area (Å²) in [7, 11) is 2.15. The van der Waals surface area contributed by atoms with Crippen molar-refractivity contribution < 1.29 is 14.3 Å². The van der Waals surface area contributed by atoms with Crippen molar-refractivity contribution in [3.05, 3.63) is 23.8 Å². The smallest absolute Gasteiger partial charge is 0.411 e. The first-order valence-electron chi connectivity index (χ1n) is 8.04. The molecule has 2 unspecified atom stereocenters. The van der Waals surface area contributed by atoms with Gasteiger partial charge in [-0.1, -0.05) is 0 Å². The molecule has 124 valence electrons. The van der Waals surface area contributed by atoms with Crippen LogP contribution in [-0.2, 0) is 4.74 Å². The lowest BCUT2D eigenvalue weighted by Gasteiger charge is -2.35. The van der Waals surface area contributed by atoms with Crippen molar-refractivity contribution in [2.75, 3.05) is 18.1 Å². The van der Waals surface area contributed by atoms with Crippen LogP contribution in [0, 0.1) is 0 Å². The van der Waals surface area contributed by atoms with Crippen LogP contribution in [0.4, 0.5) is 16.2 Å². The van der Waals surface area contributed by atoms with E-state index >= 15 is 0 Å². The molecule has 3 N–H and O–H groups in total. The fourth-order valence-electron chi connectivity index (χ4n) is 3.63. The normalized spacial score (nSPS) is 26.8. The standard InChI is InChI=1S/C17H23N3O3/c1-10(21)11-3-6-15(18)16(7-11)19-17(22)23-14-8-12-4-5-13(9-14)20(12)2/h3,6-7,12-14H,4-5,8-9,18H2,1-2H3,(H,19,22). The zero-order valence-corrected chi connectivity index (χ0v) is 13.5. The van der Waals surface area contributed by atoms with Gasteiger partial charge in [-0.05, 0) is 45.0 Å². The lowest BCUT2D eigenvalue weighted by atomic mass is 10.0. The van der Waals surface area contributed by atoms with E-state index in [-0.39, 0.29) is 11.9 Å². The van der Waals surface area contributed by atoms with Gasteiger partial charge in [-0.15, -0.1) is 0 Å². The molecule has 6 nitrogen and oxygen atoms in total. The third kappa shape index (κ3) is 3.32. The fourth-order valence-corrected chi connectivity index (χ4v) is 3.63. The summed E-state index contributed by atoms with van der Waals surface area (Å²) < 4.78 is 5.56. The number of Topliss-reactive ketones (excluding diaryl/α,β-unsaturated/α-hetero) is 1. The Morgan fingerprint density at radius 2 is 1.91 bits per heavy atom. The van der Waals surface area contributed by atoms with Gasteiger partial charge in [0, 0.05) is 30.5 Å². The maximum Gasteiger partial charge on any atom is 0.411 e. The Labute approximate surface area is 136 Å². The van der Waals surface area contributed by atoms with Crippen LogP contribution in [0.1, 0.15) is 43.0 Å². The minimum atomic E-state index is -0.508. The third-order valence-corrected chi connectivity index (χ3v) is 5.03. The number of piperidine rings is 1. The number of nitrogens with zero attached hydrogens (tertiary/aromatic N) is 1. The van der Waals surface area contributed by atoms with Crippen LogP contribution in [0.2, 0.25) is 0 Å². The molecule has 2 aliphatic rings. The maximum atomic E-state index is 12.1. The van der Waals surface area contributed by atoms with Crippen molar-refractivity contribution in [1.29, 1.82) is 0 Å². The number of ketones is 1. The Morgan fingerprint density at radius 3 is 2.52 bits per heavy atom. The summed E-state index contributed by atoms with van der Waals surface area (Å²) in [5, 5.41) is 2.66. The Bertz CT molecular complexity index is 618. The van der Waals surface area contributed by atoms with Crippen molar-refractivity contribution in [3.63, 3.8) is 0 Å². The highest BCUT2D eigenvalue weighted by Gasteiger charge is 2.39. The van der Waals surface area contributed by atoms with Crippen molar-refractivity contribution in [1.82, 2.24) is 4.90 Å². The minimum Gasteiger partial charge on any atom is -0.446 e. The largest absolute Gasteiger partial charge is 0.446 e. The molecule has 0 aliphatic carbocycles. The number of nitrogen functional groups attached to an aromatic ring is 1. The number of nitrogens with two attached hydrogens (primary N) is 1. The van der Waals surface area contributed by atoms with Crippen LogP contribution in [-0.4, -0.2) is 42.0 Å². The highest BCUT2D eigenvalue weighted by molar-refractivity contribution is 5.98. The SMILES string of the molecule is CC(=O)c1ccc(N)c(NC(=O)OC2CC3CCC(C2)N3C)c1. The molecule has 1 aromatic carbocycles. The van der Waals surface area contributed by atoms with Crippen molar-refractivity contribution >= 4 is 23.3 Å². The summed E-state index contributed by atoms with van der Waals surface area (Å²) in [6.07, 6.45) is 3.55. The van der Waals surface area contributed by atoms with Crippen LogP contribution in [0.25, 0.3) is 0 Å². The van der Waals surface area contributed by atoms with Crippen LogP contribution < -0.4 is 11.1 Å². The average Bonchev–Trinajstić information content (AvgIpc) is 2.72. The summed E-state index contributed by atoms with van der Waals surface area (Å²) in [6.45, 7) is 1.47. The van der Waals surface area contributed by atoms with Crippen LogP contribution >= 0.6 is 0 Å². The van der Waals surface area contributed by atoms with Gasteiger partial charge in [0.2, 0.25) is 0 Å². The summed E-state index contributed by atoms with van der Waals surface area (Å²) in [6, 6.07) is 5.86. The van der Waals surface area contributed by atoms with Gasteiger partial charge in [0.1, 0.15) is 6.10 Å². The van der Waals surface area contributed by atoms with Gasteiger partial charge in [-0.3, -0.25) is 10.1 Å². The Morgan fingerprint density at radius 1 is 1.26 bits per heavy atom. The lowest BCUT2D eigenvalue weighted by Crippen LogP contribution is -2.43. The Hall–Kier alpha value is -2.08. The first-order chi connectivity index (χ1) is 10.9. The molecule has 1 amide bonds. The molecule has 0 saturated carbocycles. The number of anilines is 2.